The van der Waals surface area contributed by atoms with Crippen molar-refractivity contribution in [3.63, 3.8) is 0 Å². The summed E-state index contributed by atoms with van der Waals surface area (Å²) < 4.78 is 0. The number of hydrogen-bond acceptors (Lipinski definition) is 2. The Balaban J connectivity index is 2.51. The van der Waals surface area contributed by atoms with Crippen molar-refractivity contribution in [3.8, 4) is 0 Å². The molecule has 0 aliphatic heterocycles. The van der Waals surface area contributed by atoms with E-state index in [2.05, 4.69) is 27.7 Å². The van der Waals surface area contributed by atoms with Gasteiger partial charge in [0.25, 0.3) is 0 Å². The molecular weight excluding hydrogens is 284 g/mol. The molecule has 0 N–H and O–H groups in total. The standard InChI is InChI=1S/C21H32O2/c1-7-16(13-15(3)22)19(23)18-14(2)9-10-17-20(4,5)11-8-12-21(17,18)6/h13,17H,7-12H2,1-6H3/b16-13+. The maximum Gasteiger partial charge on any atom is 0.185 e. The monoisotopic (exact) mass is 316 g/mol. The van der Waals surface area contributed by atoms with Crippen LogP contribution in [-0.4, -0.2) is 11.6 Å². The second-order valence-electron chi connectivity index (χ2n) is 8.47. The molecule has 2 aliphatic carbocycles. The Morgan fingerprint density at radius 3 is 2.43 bits per heavy atom. The summed E-state index contributed by atoms with van der Waals surface area (Å²) in [6.07, 6.45) is 7.89. The summed E-state index contributed by atoms with van der Waals surface area (Å²) in [7, 11) is 0. The van der Waals surface area contributed by atoms with Crippen molar-refractivity contribution in [2.24, 2.45) is 16.7 Å². The molecule has 0 aromatic carbocycles. The highest BCUT2D eigenvalue weighted by Gasteiger charge is 2.51. The number of carbonyl (C=O) groups is 2. The SMILES string of the molecule is CC/C(=C\C(C)=O)C(=O)C1=C(C)CCC2C(C)(C)CCCC12C. The van der Waals surface area contributed by atoms with Gasteiger partial charge in [-0.3, -0.25) is 9.59 Å². The molecule has 0 saturated heterocycles. The zero-order valence-corrected chi connectivity index (χ0v) is 15.7. The number of hydrogen-bond donors (Lipinski definition) is 0. The van der Waals surface area contributed by atoms with Gasteiger partial charge < -0.3 is 0 Å². The van der Waals surface area contributed by atoms with Gasteiger partial charge in [0.05, 0.1) is 0 Å². The molecule has 2 atom stereocenters. The Morgan fingerprint density at radius 1 is 1.22 bits per heavy atom. The highest BCUT2D eigenvalue weighted by atomic mass is 16.1. The summed E-state index contributed by atoms with van der Waals surface area (Å²) in [5.41, 5.74) is 3.20. The molecule has 2 rings (SSSR count). The normalized spacial score (nSPS) is 30.9. The summed E-state index contributed by atoms with van der Waals surface area (Å²) in [4.78, 5) is 24.8. The first kappa shape index (κ1) is 18.2. The van der Waals surface area contributed by atoms with Gasteiger partial charge in [0.2, 0.25) is 0 Å². The maximum absolute atomic E-state index is 13.3. The molecule has 0 aromatic heterocycles. The molecule has 128 valence electrons. The van der Waals surface area contributed by atoms with E-state index in [1.54, 1.807) is 6.08 Å². The lowest BCUT2D eigenvalue weighted by atomic mass is 9.49. The molecular formula is C21H32O2. The Morgan fingerprint density at radius 2 is 1.87 bits per heavy atom. The first-order valence-corrected chi connectivity index (χ1v) is 9.09. The largest absolute Gasteiger partial charge is 0.295 e. The van der Waals surface area contributed by atoms with E-state index in [4.69, 9.17) is 0 Å². The van der Waals surface area contributed by atoms with Crippen molar-refractivity contribution in [1.82, 2.24) is 0 Å². The van der Waals surface area contributed by atoms with Crippen molar-refractivity contribution >= 4 is 11.6 Å². The second kappa shape index (κ2) is 6.37. The van der Waals surface area contributed by atoms with Crippen LogP contribution in [0.2, 0.25) is 0 Å². The highest BCUT2D eigenvalue weighted by Crippen LogP contribution is 2.59. The smallest absolute Gasteiger partial charge is 0.185 e. The van der Waals surface area contributed by atoms with Crippen LogP contribution in [-0.2, 0) is 9.59 Å². The molecule has 0 bridgehead atoms. The Hall–Kier alpha value is -1.18. The van der Waals surface area contributed by atoms with Crippen LogP contribution in [0.4, 0.5) is 0 Å². The van der Waals surface area contributed by atoms with Crippen LogP contribution in [0.3, 0.4) is 0 Å². The van der Waals surface area contributed by atoms with E-state index in [9.17, 15) is 9.59 Å². The average molecular weight is 316 g/mol. The van der Waals surface area contributed by atoms with Crippen molar-refractivity contribution in [2.75, 3.05) is 0 Å². The number of allylic oxidation sites excluding steroid dienone is 4. The molecule has 1 saturated carbocycles. The third-order valence-corrected chi connectivity index (χ3v) is 6.31. The second-order valence-corrected chi connectivity index (χ2v) is 8.47. The predicted molar refractivity (Wildman–Crippen MR) is 95.2 cm³/mol. The first-order chi connectivity index (χ1) is 10.6. The fraction of sp³-hybridized carbons (Fsp3) is 0.714. The third kappa shape index (κ3) is 3.22. The molecule has 0 amide bonds. The first-order valence-electron chi connectivity index (χ1n) is 9.09. The van der Waals surface area contributed by atoms with Gasteiger partial charge in [-0.15, -0.1) is 0 Å². The van der Waals surface area contributed by atoms with Crippen molar-refractivity contribution in [2.45, 2.75) is 80.1 Å². The van der Waals surface area contributed by atoms with Crippen molar-refractivity contribution < 1.29 is 9.59 Å². The van der Waals surface area contributed by atoms with E-state index in [0.717, 1.165) is 18.4 Å². The minimum Gasteiger partial charge on any atom is -0.295 e. The molecule has 0 heterocycles. The quantitative estimate of drug-likeness (QED) is 0.649. The number of Topliss-reactive ketones (excluding diaryl/α,β-unsaturated/α-hetero) is 1. The Kier molecular flexibility index (Phi) is 5.03. The van der Waals surface area contributed by atoms with Gasteiger partial charge in [-0.1, -0.05) is 39.7 Å². The zero-order chi connectivity index (χ0) is 17.4. The lowest BCUT2D eigenvalue weighted by Crippen LogP contribution is -2.47. The lowest BCUT2D eigenvalue weighted by Gasteiger charge is -2.54. The van der Waals surface area contributed by atoms with Crippen LogP contribution in [0.5, 0.6) is 0 Å². The highest BCUT2D eigenvalue weighted by molar-refractivity contribution is 6.12. The number of ketones is 2. The fourth-order valence-electron chi connectivity index (χ4n) is 5.29. The molecule has 0 radical (unpaired) electrons. The van der Waals surface area contributed by atoms with E-state index >= 15 is 0 Å². The van der Waals surface area contributed by atoms with Gasteiger partial charge in [-0.05, 0) is 68.8 Å². The van der Waals surface area contributed by atoms with Crippen molar-refractivity contribution in [1.29, 1.82) is 0 Å². The Bertz CT molecular complexity index is 577. The summed E-state index contributed by atoms with van der Waals surface area (Å²) in [5.74, 6) is 0.655. The van der Waals surface area contributed by atoms with Gasteiger partial charge in [-0.2, -0.15) is 0 Å². The van der Waals surface area contributed by atoms with E-state index < -0.39 is 0 Å². The maximum atomic E-state index is 13.3. The van der Waals surface area contributed by atoms with Gasteiger partial charge in [0.15, 0.2) is 11.6 Å². The third-order valence-electron chi connectivity index (χ3n) is 6.31. The van der Waals surface area contributed by atoms with Crippen LogP contribution < -0.4 is 0 Å². The fourth-order valence-corrected chi connectivity index (χ4v) is 5.29. The van der Waals surface area contributed by atoms with Crippen molar-refractivity contribution in [3.05, 3.63) is 22.8 Å². The van der Waals surface area contributed by atoms with Crippen LogP contribution in [0.15, 0.2) is 22.8 Å². The van der Waals surface area contributed by atoms with Crippen LogP contribution in [0.1, 0.15) is 80.1 Å². The summed E-state index contributed by atoms with van der Waals surface area (Å²) >= 11 is 0. The minimum atomic E-state index is -0.0355. The van der Waals surface area contributed by atoms with Gasteiger partial charge in [0.1, 0.15) is 0 Å². The zero-order valence-electron chi connectivity index (χ0n) is 15.7. The lowest BCUT2D eigenvalue weighted by molar-refractivity contribution is -0.116. The van der Waals surface area contributed by atoms with E-state index in [-0.39, 0.29) is 22.4 Å². The number of carbonyl (C=O) groups excluding carboxylic acids is 2. The average Bonchev–Trinajstić information content (AvgIpc) is 2.42. The van der Waals surface area contributed by atoms with E-state index in [0.29, 0.717) is 17.9 Å². The van der Waals surface area contributed by atoms with Crippen LogP contribution >= 0.6 is 0 Å². The van der Waals surface area contributed by atoms with Gasteiger partial charge in [0, 0.05) is 11.1 Å². The molecule has 2 nitrogen and oxygen atoms in total. The van der Waals surface area contributed by atoms with E-state index in [1.165, 1.54) is 31.8 Å². The predicted octanol–water partition coefficient (Wildman–Crippen LogP) is 5.42. The molecule has 23 heavy (non-hydrogen) atoms. The molecule has 2 aliphatic rings. The van der Waals surface area contributed by atoms with Crippen LogP contribution in [0.25, 0.3) is 0 Å². The molecule has 1 fully saturated rings. The molecule has 2 unspecified atom stereocenters. The summed E-state index contributed by atoms with van der Waals surface area (Å²) in [6.45, 7) is 12.6. The number of fused-ring (bicyclic) bond motifs is 1. The minimum absolute atomic E-state index is 0.0325. The van der Waals surface area contributed by atoms with Gasteiger partial charge >= 0.3 is 0 Å². The topological polar surface area (TPSA) is 34.1 Å². The van der Waals surface area contributed by atoms with Gasteiger partial charge in [-0.25, -0.2) is 0 Å². The molecule has 0 aromatic rings. The molecule has 0 spiro atoms. The molecule has 2 heteroatoms. The summed E-state index contributed by atoms with van der Waals surface area (Å²) in [6, 6.07) is 0. The van der Waals surface area contributed by atoms with Crippen LogP contribution in [0, 0.1) is 16.7 Å². The number of rotatable bonds is 4. The summed E-state index contributed by atoms with van der Waals surface area (Å²) in [5, 5.41) is 0. The van der Waals surface area contributed by atoms with E-state index in [1.807, 2.05) is 6.92 Å². The Labute approximate surface area is 141 Å².